The van der Waals surface area contributed by atoms with E-state index in [1.807, 2.05) is 0 Å². The lowest BCUT2D eigenvalue weighted by atomic mass is 9.99. The lowest BCUT2D eigenvalue weighted by Gasteiger charge is -2.30. The molecule has 0 radical (unpaired) electrons. The molecule has 2 rings (SSSR count). The number of piperidine rings is 1. The minimum atomic E-state index is -0.563. The Morgan fingerprint density at radius 1 is 1.53 bits per heavy atom. The van der Waals surface area contributed by atoms with Gasteiger partial charge in [-0.1, -0.05) is 18.5 Å². The maximum atomic E-state index is 12.4. The number of rotatable bonds is 2. The number of benzene rings is 1. The van der Waals surface area contributed by atoms with Crippen LogP contribution in [0.25, 0.3) is 0 Å². The van der Waals surface area contributed by atoms with Crippen molar-refractivity contribution in [3.63, 3.8) is 0 Å². The summed E-state index contributed by atoms with van der Waals surface area (Å²) in [5.74, 6) is 0.152. The minimum absolute atomic E-state index is 0.114. The SMILES string of the molecule is CC1CCCN(C(=O)c2ccc(Cl)cc2[N+](=O)[O-])C1. The molecule has 0 bridgehead atoms. The van der Waals surface area contributed by atoms with E-state index in [2.05, 4.69) is 6.92 Å². The van der Waals surface area contributed by atoms with Crippen molar-refractivity contribution in [1.29, 1.82) is 0 Å². The average Bonchev–Trinajstić information content (AvgIpc) is 2.37. The molecule has 1 saturated heterocycles. The van der Waals surface area contributed by atoms with Crippen LogP contribution in [0, 0.1) is 16.0 Å². The normalized spacial score (nSPS) is 19.3. The Morgan fingerprint density at radius 2 is 2.26 bits per heavy atom. The smallest absolute Gasteiger partial charge is 0.283 e. The lowest BCUT2D eigenvalue weighted by Crippen LogP contribution is -2.39. The second kappa shape index (κ2) is 5.57. The van der Waals surface area contributed by atoms with E-state index in [1.165, 1.54) is 18.2 Å². The predicted molar refractivity (Wildman–Crippen MR) is 72.4 cm³/mol. The number of nitrogens with zero attached hydrogens (tertiary/aromatic N) is 2. The Bertz CT molecular complexity index is 519. The number of likely N-dealkylation sites (tertiary alicyclic amines) is 1. The van der Waals surface area contributed by atoms with Crippen LogP contribution in [0.15, 0.2) is 18.2 Å². The molecule has 0 aliphatic carbocycles. The van der Waals surface area contributed by atoms with Gasteiger partial charge in [0.05, 0.1) is 4.92 Å². The van der Waals surface area contributed by atoms with E-state index in [1.54, 1.807) is 4.90 Å². The van der Waals surface area contributed by atoms with E-state index >= 15 is 0 Å². The molecule has 1 unspecified atom stereocenters. The molecular weight excluding hydrogens is 268 g/mol. The molecule has 0 aromatic heterocycles. The summed E-state index contributed by atoms with van der Waals surface area (Å²) in [6, 6.07) is 4.17. The highest BCUT2D eigenvalue weighted by Gasteiger charge is 2.27. The standard InChI is InChI=1S/C13H15ClN2O3/c1-9-3-2-6-15(8-9)13(17)11-5-4-10(14)7-12(11)16(18)19/h4-5,7,9H,2-3,6,8H2,1H3. The summed E-state index contributed by atoms with van der Waals surface area (Å²) in [6.07, 6.45) is 2.03. The van der Waals surface area contributed by atoms with Crippen LogP contribution in [0.1, 0.15) is 30.1 Å². The van der Waals surface area contributed by atoms with Gasteiger partial charge in [-0.3, -0.25) is 14.9 Å². The fraction of sp³-hybridized carbons (Fsp3) is 0.462. The van der Waals surface area contributed by atoms with Crippen molar-refractivity contribution >= 4 is 23.2 Å². The zero-order valence-electron chi connectivity index (χ0n) is 10.6. The third-order valence-electron chi connectivity index (χ3n) is 3.33. The minimum Gasteiger partial charge on any atom is -0.338 e. The van der Waals surface area contributed by atoms with Crippen LogP contribution < -0.4 is 0 Å². The summed E-state index contributed by atoms with van der Waals surface area (Å²) >= 11 is 5.75. The zero-order chi connectivity index (χ0) is 14.0. The fourth-order valence-corrected chi connectivity index (χ4v) is 2.55. The zero-order valence-corrected chi connectivity index (χ0v) is 11.4. The number of halogens is 1. The summed E-state index contributed by atoms with van der Waals surface area (Å²) in [6.45, 7) is 3.39. The van der Waals surface area contributed by atoms with Crippen LogP contribution in [0.2, 0.25) is 5.02 Å². The maximum absolute atomic E-state index is 12.4. The van der Waals surface area contributed by atoms with Gasteiger partial charge in [-0.05, 0) is 30.9 Å². The van der Waals surface area contributed by atoms with Crippen molar-refractivity contribution in [2.75, 3.05) is 13.1 Å². The van der Waals surface area contributed by atoms with E-state index < -0.39 is 4.92 Å². The molecule has 102 valence electrons. The maximum Gasteiger partial charge on any atom is 0.283 e. The predicted octanol–water partition coefficient (Wildman–Crippen LogP) is 3.12. The van der Waals surface area contributed by atoms with Crippen LogP contribution in [0.5, 0.6) is 0 Å². The largest absolute Gasteiger partial charge is 0.338 e. The Morgan fingerprint density at radius 3 is 2.89 bits per heavy atom. The molecule has 1 aromatic rings. The summed E-state index contributed by atoms with van der Waals surface area (Å²) in [4.78, 5) is 24.5. The van der Waals surface area contributed by atoms with Gasteiger partial charge in [0, 0.05) is 24.2 Å². The molecular formula is C13H15ClN2O3. The van der Waals surface area contributed by atoms with Crippen molar-refractivity contribution in [1.82, 2.24) is 4.90 Å². The molecule has 1 heterocycles. The first-order valence-electron chi connectivity index (χ1n) is 6.22. The third kappa shape index (κ3) is 3.04. The van der Waals surface area contributed by atoms with E-state index in [9.17, 15) is 14.9 Å². The van der Waals surface area contributed by atoms with Crippen molar-refractivity contribution in [2.24, 2.45) is 5.92 Å². The number of carbonyl (C=O) groups is 1. The molecule has 0 spiro atoms. The van der Waals surface area contributed by atoms with Crippen LogP contribution in [0.4, 0.5) is 5.69 Å². The van der Waals surface area contributed by atoms with Crippen LogP contribution in [-0.4, -0.2) is 28.8 Å². The number of hydrogen-bond acceptors (Lipinski definition) is 3. The van der Waals surface area contributed by atoms with Gasteiger partial charge in [-0.15, -0.1) is 0 Å². The van der Waals surface area contributed by atoms with Gasteiger partial charge in [0.1, 0.15) is 5.56 Å². The van der Waals surface area contributed by atoms with E-state index in [-0.39, 0.29) is 22.2 Å². The molecule has 1 aromatic carbocycles. The average molecular weight is 283 g/mol. The quantitative estimate of drug-likeness (QED) is 0.618. The first kappa shape index (κ1) is 13.8. The first-order chi connectivity index (χ1) is 8.99. The number of amides is 1. The Kier molecular flexibility index (Phi) is 4.04. The van der Waals surface area contributed by atoms with Gasteiger partial charge in [0.2, 0.25) is 0 Å². The molecule has 5 nitrogen and oxygen atoms in total. The molecule has 1 fully saturated rings. The van der Waals surface area contributed by atoms with Gasteiger partial charge in [-0.25, -0.2) is 0 Å². The van der Waals surface area contributed by atoms with E-state index in [4.69, 9.17) is 11.6 Å². The Balaban J connectivity index is 2.30. The molecule has 1 aliphatic rings. The second-order valence-corrected chi connectivity index (χ2v) is 5.35. The molecule has 1 amide bonds. The van der Waals surface area contributed by atoms with Crippen molar-refractivity contribution in [3.05, 3.63) is 38.9 Å². The van der Waals surface area contributed by atoms with Gasteiger partial charge in [0.25, 0.3) is 11.6 Å². The highest BCUT2D eigenvalue weighted by Crippen LogP contribution is 2.26. The summed E-state index contributed by atoms with van der Waals surface area (Å²) < 4.78 is 0. The van der Waals surface area contributed by atoms with Gasteiger partial charge < -0.3 is 4.90 Å². The topological polar surface area (TPSA) is 63.5 Å². The lowest BCUT2D eigenvalue weighted by molar-refractivity contribution is -0.385. The molecule has 1 atom stereocenters. The Labute approximate surface area is 116 Å². The van der Waals surface area contributed by atoms with Crippen molar-refractivity contribution in [2.45, 2.75) is 19.8 Å². The first-order valence-corrected chi connectivity index (χ1v) is 6.60. The Hall–Kier alpha value is -1.62. The summed E-state index contributed by atoms with van der Waals surface area (Å²) in [7, 11) is 0. The van der Waals surface area contributed by atoms with Gasteiger partial charge in [-0.2, -0.15) is 0 Å². The van der Waals surface area contributed by atoms with E-state index in [0.717, 1.165) is 12.8 Å². The summed E-state index contributed by atoms with van der Waals surface area (Å²) in [5.41, 5.74) is -0.112. The third-order valence-corrected chi connectivity index (χ3v) is 3.57. The van der Waals surface area contributed by atoms with E-state index in [0.29, 0.717) is 19.0 Å². The molecule has 6 heteroatoms. The molecule has 0 N–H and O–H groups in total. The molecule has 0 saturated carbocycles. The molecule has 19 heavy (non-hydrogen) atoms. The number of carbonyl (C=O) groups excluding carboxylic acids is 1. The second-order valence-electron chi connectivity index (χ2n) is 4.92. The van der Waals surface area contributed by atoms with Crippen molar-refractivity contribution in [3.8, 4) is 0 Å². The highest BCUT2D eigenvalue weighted by molar-refractivity contribution is 6.31. The van der Waals surface area contributed by atoms with Crippen molar-refractivity contribution < 1.29 is 9.72 Å². The van der Waals surface area contributed by atoms with Gasteiger partial charge >= 0.3 is 0 Å². The highest BCUT2D eigenvalue weighted by atomic mass is 35.5. The number of hydrogen-bond donors (Lipinski definition) is 0. The number of nitro benzene ring substituents is 1. The fourth-order valence-electron chi connectivity index (χ4n) is 2.38. The van der Waals surface area contributed by atoms with Crippen LogP contribution in [0.3, 0.4) is 0 Å². The van der Waals surface area contributed by atoms with Crippen LogP contribution in [-0.2, 0) is 0 Å². The molecule has 1 aliphatic heterocycles. The summed E-state index contributed by atoms with van der Waals surface area (Å²) in [5, 5.41) is 11.3. The monoisotopic (exact) mass is 282 g/mol. The number of nitro groups is 1. The van der Waals surface area contributed by atoms with Gasteiger partial charge in [0.15, 0.2) is 0 Å². The van der Waals surface area contributed by atoms with Crippen LogP contribution >= 0.6 is 11.6 Å².